The molecule has 13 heavy (non-hydrogen) atoms. The fraction of sp³-hybridized carbons (Fsp3) is 1.00. The molecule has 76 valence electrons. The Morgan fingerprint density at radius 2 is 1.69 bits per heavy atom. The highest BCUT2D eigenvalue weighted by atomic mass is 15.3. The van der Waals surface area contributed by atoms with Gasteiger partial charge in [0.05, 0.1) is 0 Å². The second kappa shape index (κ2) is 4.45. The van der Waals surface area contributed by atoms with Crippen molar-refractivity contribution in [1.29, 1.82) is 0 Å². The second-order valence-corrected chi connectivity index (χ2v) is 4.72. The molecule has 0 amide bonds. The van der Waals surface area contributed by atoms with Crippen LogP contribution in [0.15, 0.2) is 0 Å². The Morgan fingerprint density at radius 3 is 2.31 bits per heavy atom. The van der Waals surface area contributed by atoms with Crippen LogP contribution < -0.4 is 0 Å². The Labute approximate surface area is 82.5 Å². The molecule has 0 aromatic carbocycles. The molecule has 1 aliphatic heterocycles. The van der Waals surface area contributed by atoms with E-state index in [9.17, 15) is 0 Å². The van der Waals surface area contributed by atoms with Crippen LogP contribution in [0.5, 0.6) is 0 Å². The van der Waals surface area contributed by atoms with Gasteiger partial charge in [-0.2, -0.15) is 0 Å². The van der Waals surface area contributed by atoms with Crippen molar-refractivity contribution in [1.82, 2.24) is 4.90 Å². The summed E-state index contributed by atoms with van der Waals surface area (Å²) in [6, 6.07) is 2.05. The van der Waals surface area contributed by atoms with Crippen molar-refractivity contribution in [3.8, 4) is 0 Å². The molecule has 2 rings (SSSR count). The highest BCUT2D eigenvalue weighted by Crippen LogP contribution is 2.40. The first-order valence-electron chi connectivity index (χ1n) is 6.19. The lowest BCUT2D eigenvalue weighted by molar-refractivity contribution is 0.450. The van der Waals surface area contributed by atoms with Crippen LogP contribution in [-0.2, 0) is 0 Å². The lowest BCUT2D eigenvalue weighted by atomic mass is 10.0. The topological polar surface area (TPSA) is 3.01 Å². The van der Waals surface area contributed by atoms with E-state index < -0.39 is 0 Å². The molecule has 0 aromatic rings. The third kappa shape index (κ3) is 2.25. The third-order valence-electron chi connectivity index (χ3n) is 3.73. The maximum atomic E-state index is 2.75. The van der Waals surface area contributed by atoms with Crippen LogP contribution in [0.4, 0.5) is 0 Å². The van der Waals surface area contributed by atoms with E-state index in [1.807, 2.05) is 0 Å². The summed E-state index contributed by atoms with van der Waals surface area (Å²) in [5.41, 5.74) is 0. The molecule has 1 aliphatic carbocycles. The van der Waals surface area contributed by atoms with Crippen LogP contribution in [0.1, 0.15) is 58.3 Å². The number of likely N-dealkylation sites (tertiary alicyclic amines) is 1. The minimum absolute atomic E-state index is 1.02. The van der Waals surface area contributed by atoms with Gasteiger partial charge in [-0.25, -0.2) is 0 Å². The van der Waals surface area contributed by atoms with Gasteiger partial charge >= 0.3 is 0 Å². The lowest BCUT2D eigenvalue weighted by Gasteiger charge is -2.02. The van der Waals surface area contributed by atoms with E-state index >= 15 is 0 Å². The molecule has 2 aliphatic rings. The zero-order valence-electron chi connectivity index (χ0n) is 8.97. The number of hydrogen-bond donors (Lipinski definition) is 0. The highest BCUT2D eigenvalue weighted by molar-refractivity contribution is 5.03. The van der Waals surface area contributed by atoms with Gasteiger partial charge < -0.3 is 0 Å². The van der Waals surface area contributed by atoms with Crippen molar-refractivity contribution < 1.29 is 0 Å². The Morgan fingerprint density at radius 1 is 1.00 bits per heavy atom. The number of unbranched alkanes of at least 4 members (excludes halogenated alkanes) is 3. The molecule has 1 nitrogen and oxygen atoms in total. The predicted molar refractivity (Wildman–Crippen MR) is 56.9 cm³/mol. The average molecular weight is 181 g/mol. The number of fused-ring (bicyclic) bond motifs is 1. The van der Waals surface area contributed by atoms with Crippen molar-refractivity contribution in [2.45, 2.75) is 70.4 Å². The molecule has 2 atom stereocenters. The Hall–Kier alpha value is -0.0400. The smallest absolute Gasteiger partial charge is 0.0255 e. The number of hydrogen-bond acceptors (Lipinski definition) is 1. The maximum Gasteiger partial charge on any atom is 0.0255 e. The van der Waals surface area contributed by atoms with Crippen LogP contribution >= 0.6 is 0 Å². The van der Waals surface area contributed by atoms with Gasteiger partial charge in [0.2, 0.25) is 0 Å². The molecule has 2 fully saturated rings. The highest BCUT2D eigenvalue weighted by Gasteiger charge is 2.47. The molecule has 2 unspecified atom stereocenters. The number of rotatable bonds is 5. The van der Waals surface area contributed by atoms with Gasteiger partial charge in [0, 0.05) is 12.1 Å². The van der Waals surface area contributed by atoms with Gasteiger partial charge in [-0.3, -0.25) is 4.90 Å². The average Bonchev–Trinajstić information content (AvgIpc) is 2.87. The monoisotopic (exact) mass is 181 g/mol. The summed E-state index contributed by atoms with van der Waals surface area (Å²) in [6.07, 6.45) is 11.7. The standard InChI is InChI=1S/C12H23N/c1-2-3-4-7-10-13-11-8-5-6-9-12(11)13/h11-12H,2-10H2,1H3. The molecule has 1 heterocycles. The molecule has 0 bridgehead atoms. The first-order chi connectivity index (χ1) is 6.43. The second-order valence-electron chi connectivity index (χ2n) is 4.72. The van der Waals surface area contributed by atoms with E-state index in [1.165, 1.54) is 57.9 Å². The fourth-order valence-electron chi connectivity index (χ4n) is 2.87. The minimum Gasteiger partial charge on any atom is -0.294 e. The summed E-state index contributed by atoms with van der Waals surface area (Å²) in [7, 11) is 0. The Bertz CT molecular complexity index is 143. The first kappa shape index (κ1) is 9.51. The zero-order chi connectivity index (χ0) is 9.10. The van der Waals surface area contributed by atoms with Crippen molar-refractivity contribution in [3.05, 3.63) is 0 Å². The van der Waals surface area contributed by atoms with Crippen LogP contribution in [-0.4, -0.2) is 23.5 Å². The van der Waals surface area contributed by atoms with E-state index in [-0.39, 0.29) is 0 Å². The summed E-state index contributed by atoms with van der Waals surface area (Å²) in [5.74, 6) is 0. The van der Waals surface area contributed by atoms with Gasteiger partial charge in [-0.05, 0) is 25.8 Å². The van der Waals surface area contributed by atoms with E-state index in [1.54, 1.807) is 0 Å². The summed E-state index contributed by atoms with van der Waals surface area (Å²) in [6.45, 7) is 3.69. The molecular formula is C12H23N. The molecule has 1 saturated carbocycles. The minimum atomic E-state index is 1.02. The van der Waals surface area contributed by atoms with Gasteiger partial charge in [0.15, 0.2) is 0 Å². The van der Waals surface area contributed by atoms with Gasteiger partial charge in [0.1, 0.15) is 0 Å². The van der Waals surface area contributed by atoms with E-state index in [0.29, 0.717) is 0 Å². The molecule has 1 saturated heterocycles. The van der Waals surface area contributed by atoms with Crippen LogP contribution in [0, 0.1) is 0 Å². The normalized spacial score (nSPS) is 37.2. The molecular weight excluding hydrogens is 158 g/mol. The SMILES string of the molecule is CCCCCCN1C2CCCCC21. The molecule has 0 aromatic heterocycles. The van der Waals surface area contributed by atoms with Gasteiger partial charge in [0.25, 0.3) is 0 Å². The van der Waals surface area contributed by atoms with Crippen LogP contribution in [0.25, 0.3) is 0 Å². The summed E-state index contributed by atoms with van der Waals surface area (Å²) in [5, 5.41) is 0. The van der Waals surface area contributed by atoms with Gasteiger partial charge in [-0.15, -0.1) is 0 Å². The first-order valence-corrected chi connectivity index (χ1v) is 6.19. The predicted octanol–water partition coefficient (Wildman–Crippen LogP) is 3.19. The van der Waals surface area contributed by atoms with Crippen molar-refractivity contribution in [3.63, 3.8) is 0 Å². The van der Waals surface area contributed by atoms with Crippen LogP contribution in [0.2, 0.25) is 0 Å². The molecule has 0 N–H and O–H groups in total. The Kier molecular flexibility index (Phi) is 3.26. The molecule has 1 heteroatoms. The molecule has 0 spiro atoms. The summed E-state index contributed by atoms with van der Waals surface area (Å²) in [4.78, 5) is 2.75. The van der Waals surface area contributed by atoms with Crippen LogP contribution in [0.3, 0.4) is 0 Å². The van der Waals surface area contributed by atoms with E-state index in [0.717, 1.165) is 12.1 Å². The van der Waals surface area contributed by atoms with E-state index in [4.69, 9.17) is 0 Å². The maximum absolute atomic E-state index is 2.75. The lowest BCUT2D eigenvalue weighted by Crippen LogP contribution is -2.04. The quantitative estimate of drug-likeness (QED) is 0.465. The third-order valence-corrected chi connectivity index (χ3v) is 3.73. The Balaban J connectivity index is 1.57. The van der Waals surface area contributed by atoms with E-state index in [2.05, 4.69) is 11.8 Å². The summed E-state index contributed by atoms with van der Waals surface area (Å²) < 4.78 is 0. The largest absolute Gasteiger partial charge is 0.294 e. The number of nitrogens with zero attached hydrogens (tertiary/aromatic N) is 1. The van der Waals surface area contributed by atoms with Crippen molar-refractivity contribution in [2.75, 3.05) is 6.54 Å². The zero-order valence-corrected chi connectivity index (χ0v) is 8.97. The summed E-state index contributed by atoms with van der Waals surface area (Å²) >= 11 is 0. The molecule has 0 radical (unpaired) electrons. The van der Waals surface area contributed by atoms with Crippen molar-refractivity contribution >= 4 is 0 Å². The van der Waals surface area contributed by atoms with Gasteiger partial charge in [-0.1, -0.05) is 39.0 Å². The van der Waals surface area contributed by atoms with Crippen molar-refractivity contribution in [2.24, 2.45) is 0 Å². The fourth-order valence-corrected chi connectivity index (χ4v) is 2.87.